The summed E-state index contributed by atoms with van der Waals surface area (Å²) in [5.74, 6) is 4.95. The third-order valence-corrected chi connectivity index (χ3v) is 5.27. The van der Waals surface area contributed by atoms with E-state index in [1.807, 2.05) is 0 Å². The van der Waals surface area contributed by atoms with E-state index in [0.29, 0.717) is 5.41 Å². The lowest BCUT2D eigenvalue weighted by molar-refractivity contribution is -0.137. The highest BCUT2D eigenvalue weighted by atomic mass is 14.6. The molecule has 3 aliphatic carbocycles. The van der Waals surface area contributed by atoms with Crippen molar-refractivity contribution < 1.29 is 0 Å². The van der Waals surface area contributed by atoms with E-state index in [0.717, 1.165) is 29.6 Å². The molecule has 0 heterocycles. The fraction of sp³-hybridized carbons (Fsp3) is 1.00. The van der Waals surface area contributed by atoms with Gasteiger partial charge in [0.1, 0.15) is 0 Å². The van der Waals surface area contributed by atoms with Crippen molar-refractivity contribution in [1.82, 2.24) is 0 Å². The van der Waals surface area contributed by atoms with Crippen LogP contribution in [0.4, 0.5) is 0 Å². The molecule has 0 heteroatoms. The molecule has 4 atom stereocenters. The topological polar surface area (TPSA) is 0 Å². The lowest BCUT2D eigenvalue weighted by Gasteiger charge is -2.63. The van der Waals surface area contributed by atoms with Gasteiger partial charge in [-0.15, -0.1) is 0 Å². The average Bonchev–Trinajstić information content (AvgIpc) is 2.02. The van der Waals surface area contributed by atoms with Crippen LogP contribution in [-0.2, 0) is 0 Å². The normalized spacial score (nSPS) is 47.5. The highest BCUT2D eigenvalue weighted by Gasteiger charge is 2.56. The van der Waals surface area contributed by atoms with Crippen LogP contribution in [0, 0.1) is 35.0 Å². The molecule has 0 aromatic rings. The van der Waals surface area contributed by atoms with E-state index in [1.54, 1.807) is 0 Å². The summed E-state index contributed by atoms with van der Waals surface area (Å²) in [4.78, 5) is 0. The van der Waals surface area contributed by atoms with Crippen molar-refractivity contribution in [3.63, 3.8) is 0 Å². The first-order valence-corrected chi connectivity index (χ1v) is 5.94. The number of hydrogen-bond donors (Lipinski definition) is 0. The second-order valence-electron chi connectivity index (χ2n) is 6.36. The molecule has 13 heavy (non-hydrogen) atoms. The minimum atomic E-state index is 0.671. The first-order chi connectivity index (χ1) is 5.94. The minimum absolute atomic E-state index is 0.671. The maximum atomic E-state index is 2.49. The Hall–Kier alpha value is 0. The lowest BCUT2D eigenvalue weighted by Crippen LogP contribution is -2.55. The van der Waals surface area contributed by atoms with E-state index >= 15 is 0 Å². The first kappa shape index (κ1) is 9.55. The van der Waals surface area contributed by atoms with Gasteiger partial charge < -0.3 is 0 Å². The van der Waals surface area contributed by atoms with Gasteiger partial charge in [0.05, 0.1) is 0 Å². The largest absolute Gasteiger partial charge is 0.0625 e. The van der Waals surface area contributed by atoms with E-state index in [4.69, 9.17) is 0 Å². The molecule has 76 valence electrons. The highest BCUT2D eigenvalue weighted by Crippen LogP contribution is 2.63. The second kappa shape index (κ2) is 2.74. The Balaban J connectivity index is 2.12. The summed E-state index contributed by atoms with van der Waals surface area (Å²) >= 11 is 0. The molecule has 3 aliphatic rings. The third-order valence-electron chi connectivity index (χ3n) is 5.27. The highest BCUT2D eigenvalue weighted by molar-refractivity contribution is 5.05. The summed E-state index contributed by atoms with van der Waals surface area (Å²) in [7, 11) is 0. The summed E-state index contributed by atoms with van der Waals surface area (Å²) in [6.07, 6.45) is 3.03. The Morgan fingerprint density at radius 3 is 2.15 bits per heavy atom. The summed E-state index contributed by atoms with van der Waals surface area (Å²) in [5, 5.41) is 0. The van der Waals surface area contributed by atoms with Crippen LogP contribution in [0.3, 0.4) is 0 Å². The Kier molecular flexibility index (Phi) is 2.02. The van der Waals surface area contributed by atoms with Gasteiger partial charge in [0.2, 0.25) is 0 Å². The summed E-state index contributed by atoms with van der Waals surface area (Å²) in [6, 6.07) is 0. The first-order valence-electron chi connectivity index (χ1n) is 5.94. The molecule has 0 radical (unpaired) electrons. The van der Waals surface area contributed by atoms with Crippen LogP contribution in [0.5, 0.6) is 0 Å². The minimum Gasteiger partial charge on any atom is -0.0625 e. The van der Waals surface area contributed by atoms with Gasteiger partial charge >= 0.3 is 0 Å². The Bertz CT molecular complexity index is 200. The van der Waals surface area contributed by atoms with E-state index in [-0.39, 0.29) is 0 Å². The maximum Gasteiger partial charge on any atom is -0.0295 e. The molecule has 2 bridgehead atoms. The molecule has 1 unspecified atom stereocenters. The van der Waals surface area contributed by atoms with Crippen LogP contribution in [0.1, 0.15) is 47.5 Å². The second-order valence-corrected chi connectivity index (χ2v) is 6.36. The van der Waals surface area contributed by atoms with Crippen molar-refractivity contribution in [1.29, 1.82) is 0 Å². The van der Waals surface area contributed by atoms with E-state index < -0.39 is 0 Å². The zero-order valence-corrected chi connectivity index (χ0v) is 9.80. The quantitative estimate of drug-likeness (QED) is 0.573. The van der Waals surface area contributed by atoms with Crippen LogP contribution in [-0.4, -0.2) is 0 Å². The molecule has 0 spiro atoms. The fourth-order valence-corrected chi connectivity index (χ4v) is 4.07. The number of fused-ring (bicyclic) bond motifs is 2. The molecule has 0 amide bonds. The molecular formula is C13H24. The van der Waals surface area contributed by atoms with Crippen molar-refractivity contribution in [2.75, 3.05) is 0 Å². The smallest absolute Gasteiger partial charge is 0.0295 e. The average molecular weight is 180 g/mol. The van der Waals surface area contributed by atoms with Crippen molar-refractivity contribution in [3.8, 4) is 0 Å². The van der Waals surface area contributed by atoms with Gasteiger partial charge in [-0.1, -0.05) is 34.6 Å². The molecule has 0 aliphatic heterocycles. The molecule has 0 aromatic carbocycles. The number of rotatable bonds is 1. The summed E-state index contributed by atoms with van der Waals surface area (Å²) in [5.41, 5.74) is 0.671. The lowest BCUT2D eigenvalue weighted by atomic mass is 9.42. The van der Waals surface area contributed by atoms with Crippen molar-refractivity contribution >= 4 is 0 Å². The van der Waals surface area contributed by atoms with Gasteiger partial charge in [0.15, 0.2) is 0 Å². The monoisotopic (exact) mass is 180 g/mol. The van der Waals surface area contributed by atoms with E-state index in [1.165, 1.54) is 12.8 Å². The zero-order valence-electron chi connectivity index (χ0n) is 9.80. The SMILES string of the molecule is CC(C)[C@@H]1CC2C[C@H]([C@H]1C)C2(C)C. The van der Waals surface area contributed by atoms with Gasteiger partial charge in [0, 0.05) is 0 Å². The van der Waals surface area contributed by atoms with Gasteiger partial charge in [-0.25, -0.2) is 0 Å². The Labute approximate surface area is 83.1 Å². The molecular weight excluding hydrogens is 156 g/mol. The van der Waals surface area contributed by atoms with Crippen molar-refractivity contribution in [2.45, 2.75) is 47.5 Å². The third kappa shape index (κ3) is 1.17. The summed E-state index contributed by atoms with van der Waals surface area (Å²) < 4.78 is 0. The van der Waals surface area contributed by atoms with Crippen molar-refractivity contribution in [2.24, 2.45) is 35.0 Å². The molecule has 3 saturated carbocycles. The van der Waals surface area contributed by atoms with Gasteiger partial charge in [-0.2, -0.15) is 0 Å². The Morgan fingerprint density at radius 2 is 1.77 bits per heavy atom. The van der Waals surface area contributed by atoms with Gasteiger partial charge in [-0.05, 0) is 47.8 Å². The van der Waals surface area contributed by atoms with Crippen LogP contribution in [0.25, 0.3) is 0 Å². The van der Waals surface area contributed by atoms with Crippen LogP contribution >= 0.6 is 0 Å². The molecule has 0 nitrogen and oxygen atoms in total. The number of hydrogen-bond acceptors (Lipinski definition) is 0. The predicted molar refractivity (Wildman–Crippen MR) is 57.5 cm³/mol. The van der Waals surface area contributed by atoms with Crippen LogP contribution in [0.2, 0.25) is 0 Å². The molecule has 0 saturated heterocycles. The Morgan fingerprint density at radius 1 is 1.15 bits per heavy atom. The molecule has 0 aromatic heterocycles. The van der Waals surface area contributed by atoms with Gasteiger partial charge in [-0.3, -0.25) is 0 Å². The maximum absolute atomic E-state index is 2.49. The van der Waals surface area contributed by atoms with Crippen molar-refractivity contribution in [3.05, 3.63) is 0 Å². The summed E-state index contributed by atoms with van der Waals surface area (Å²) in [6.45, 7) is 12.3. The molecule has 3 rings (SSSR count). The zero-order chi connectivity index (χ0) is 9.80. The van der Waals surface area contributed by atoms with E-state index in [2.05, 4.69) is 34.6 Å². The van der Waals surface area contributed by atoms with E-state index in [9.17, 15) is 0 Å². The van der Waals surface area contributed by atoms with Crippen LogP contribution < -0.4 is 0 Å². The van der Waals surface area contributed by atoms with Crippen LogP contribution in [0.15, 0.2) is 0 Å². The fourth-order valence-electron chi connectivity index (χ4n) is 4.07. The van der Waals surface area contributed by atoms with Gasteiger partial charge in [0.25, 0.3) is 0 Å². The molecule has 0 N–H and O–H groups in total. The standard InChI is InChI=1S/C13H24/c1-8(2)11-6-10-7-12(9(11)3)13(10,4)5/h8-12H,6-7H2,1-5H3/t9-,10?,11-,12+/m0/s1. The predicted octanol–water partition coefficient (Wildman–Crippen LogP) is 3.96. The molecule has 3 fully saturated rings.